The van der Waals surface area contributed by atoms with Crippen LogP contribution in [0.4, 0.5) is 0 Å². The van der Waals surface area contributed by atoms with E-state index in [-0.39, 0.29) is 0 Å². The number of rotatable bonds is 4. The lowest BCUT2D eigenvalue weighted by molar-refractivity contribution is 1.41. The number of benzene rings is 4. The Kier molecular flexibility index (Phi) is 8.10. The van der Waals surface area contributed by atoms with Crippen LogP contribution in [0.3, 0.4) is 0 Å². The van der Waals surface area contributed by atoms with Gasteiger partial charge in [0.05, 0.1) is 0 Å². The molecule has 0 saturated carbocycles. The van der Waals surface area contributed by atoms with Crippen molar-refractivity contribution >= 4 is 72.1 Å². The summed E-state index contributed by atoms with van der Waals surface area (Å²) < 4.78 is 0. The van der Waals surface area contributed by atoms with Gasteiger partial charge in [-0.15, -0.1) is 0 Å². The molecule has 0 N–H and O–H groups in total. The second-order valence-electron chi connectivity index (χ2n) is 6.58. The van der Waals surface area contributed by atoms with Crippen molar-refractivity contribution in [3.63, 3.8) is 0 Å². The van der Waals surface area contributed by atoms with E-state index in [1.165, 1.54) is 43.8 Å². The number of fused-ring (bicyclic) bond motifs is 2. The Balaban J connectivity index is 0.000000161. The highest BCUT2D eigenvalue weighted by Crippen LogP contribution is 2.25. The van der Waals surface area contributed by atoms with E-state index < -0.39 is 0 Å². The Labute approximate surface area is 189 Å². The zero-order chi connectivity index (χ0) is 19.9. The molecule has 0 fully saturated rings. The van der Waals surface area contributed by atoms with Gasteiger partial charge in [0.1, 0.15) is 0 Å². The normalized spacial score (nSPS) is 10.7. The van der Waals surface area contributed by atoms with Crippen LogP contribution in [-0.2, 0) is 23.0 Å². The van der Waals surface area contributed by atoms with E-state index in [2.05, 4.69) is 123 Å². The molecule has 144 valence electrons. The van der Waals surface area contributed by atoms with Gasteiger partial charge in [-0.1, -0.05) is 72.8 Å². The third-order valence-electron chi connectivity index (χ3n) is 4.78. The van der Waals surface area contributed by atoms with Crippen molar-refractivity contribution in [1.29, 1.82) is 0 Å². The molecular formula is C24H24S4. The molecule has 4 rings (SSSR count). The van der Waals surface area contributed by atoms with Gasteiger partial charge in [-0.2, -0.15) is 50.5 Å². The van der Waals surface area contributed by atoms with Gasteiger partial charge in [-0.05, 0) is 43.8 Å². The maximum atomic E-state index is 4.33. The van der Waals surface area contributed by atoms with Gasteiger partial charge >= 0.3 is 0 Å². The van der Waals surface area contributed by atoms with Gasteiger partial charge in [-0.25, -0.2) is 0 Å². The highest BCUT2D eigenvalue weighted by molar-refractivity contribution is 7.79. The van der Waals surface area contributed by atoms with Crippen molar-refractivity contribution in [3.05, 3.63) is 95.1 Å². The highest BCUT2D eigenvalue weighted by atomic mass is 32.1. The fourth-order valence-electron chi connectivity index (χ4n) is 3.24. The van der Waals surface area contributed by atoms with Crippen LogP contribution in [0.5, 0.6) is 0 Å². The van der Waals surface area contributed by atoms with Crippen molar-refractivity contribution in [2.24, 2.45) is 0 Å². The lowest BCUT2D eigenvalue weighted by Crippen LogP contribution is -1.87. The van der Waals surface area contributed by atoms with E-state index in [0.717, 1.165) is 23.0 Å². The first-order chi connectivity index (χ1) is 13.7. The predicted octanol–water partition coefficient (Wildman–Crippen LogP) is 7.40. The Bertz CT molecular complexity index is 987. The molecule has 28 heavy (non-hydrogen) atoms. The molecule has 0 aromatic heterocycles. The number of thiol groups is 4. The van der Waals surface area contributed by atoms with E-state index in [0.29, 0.717) is 0 Å². The van der Waals surface area contributed by atoms with Crippen LogP contribution in [0.25, 0.3) is 21.5 Å². The fraction of sp³-hybridized carbons (Fsp3) is 0.167. The Morgan fingerprint density at radius 1 is 0.464 bits per heavy atom. The Hall–Kier alpha value is -1.20. The maximum absolute atomic E-state index is 4.33. The number of hydrogen-bond donors (Lipinski definition) is 4. The molecule has 0 atom stereocenters. The minimum absolute atomic E-state index is 0.785. The van der Waals surface area contributed by atoms with Crippen LogP contribution in [0.15, 0.2) is 72.8 Å². The van der Waals surface area contributed by atoms with E-state index >= 15 is 0 Å². The molecule has 0 aliphatic rings. The summed E-state index contributed by atoms with van der Waals surface area (Å²) in [5.41, 5.74) is 5.10. The van der Waals surface area contributed by atoms with E-state index in [4.69, 9.17) is 0 Å². The first-order valence-corrected chi connectivity index (χ1v) is 11.7. The summed E-state index contributed by atoms with van der Waals surface area (Å²) in [6, 6.07) is 25.6. The standard InChI is InChI=1S/2C12H12S2/c13-7-9-1-3-11-6-10(8-14)2-4-12(11)5-9;13-7-9-5-6-10(8-14)12-4-2-1-3-11(9)12/h2*1-6,13-14H,7-8H2. The van der Waals surface area contributed by atoms with Crippen LogP contribution in [0.2, 0.25) is 0 Å². The van der Waals surface area contributed by atoms with Crippen LogP contribution >= 0.6 is 50.5 Å². The minimum Gasteiger partial charge on any atom is -0.175 e. The highest BCUT2D eigenvalue weighted by Gasteiger charge is 2.02. The van der Waals surface area contributed by atoms with Crippen LogP contribution in [0.1, 0.15) is 22.3 Å². The molecule has 0 unspecified atom stereocenters. The van der Waals surface area contributed by atoms with Crippen molar-refractivity contribution < 1.29 is 0 Å². The van der Waals surface area contributed by atoms with Gasteiger partial charge in [0, 0.05) is 23.0 Å². The summed E-state index contributed by atoms with van der Waals surface area (Å²) in [7, 11) is 0. The Morgan fingerprint density at radius 3 is 1.25 bits per heavy atom. The fourth-order valence-corrected chi connectivity index (χ4v) is 4.19. The Morgan fingerprint density at radius 2 is 0.893 bits per heavy atom. The first-order valence-electron chi connectivity index (χ1n) is 9.14. The van der Waals surface area contributed by atoms with E-state index in [1.807, 2.05) is 0 Å². The molecule has 0 bridgehead atoms. The van der Waals surface area contributed by atoms with Gasteiger partial charge in [0.15, 0.2) is 0 Å². The average molecular weight is 441 g/mol. The smallest absolute Gasteiger partial charge is 0.0160 e. The molecule has 0 aliphatic heterocycles. The summed E-state index contributed by atoms with van der Waals surface area (Å²) in [6.07, 6.45) is 0. The van der Waals surface area contributed by atoms with Crippen LogP contribution in [-0.4, -0.2) is 0 Å². The van der Waals surface area contributed by atoms with Gasteiger partial charge in [0.2, 0.25) is 0 Å². The first kappa shape index (κ1) is 21.5. The lowest BCUT2D eigenvalue weighted by Gasteiger charge is -2.07. The van der Waals surface area contributed by atoms with E-state index in [1.54, 1.807) is 0 Å². The van der Waals surface area contributed by atoms with Gasteiger partial charge < -0.3 is 0 Å². The topological polar surface area (TPSA) is 0 Å². The summed E-state index contributed by atoms with van der Waals surface area (Å²) in [5, 5.41) is 5.16. The third-order valence-corrected chi connectivity index (χ3v) is 6.19. The summed E-state index contributed by atoms with van der Waals surface area (Å²) in [4.78, 5) is 0. The average Bonchev–Trinajstić information content (AvgIpc) is 2.77. The van der Waals surface area contributed by atoms with Crippen molar-refractivity contribution in [2.45, 2.75) is 23.0 Å². The summed E-state index contributed by atoms with van der Waals surface area (Å²) in [6.45, 7) is 0. The molecule has 0 heterocycles. The molecule has 0 saturated heterocycles. The third kappa shape index (κ3) is 5.04. The second-order valence-corrected chi connectivity index (χ2v) is 7.84. The number of hydrogen-bond acceptors (Lipinski definition) is 4. The van der Waals surface area contributed by atoms with Crippen molar-refractivity contribution in [2.75, 3.05) is 0 Å². The minimum atomic E-state index is 0.785. The SMILES string of the molecule is SCc1ccc(CS)c2ccccc12.SCc1ccc2cc(CS)ccc2c1. The molecule has 4 aromatic carbocycles. The molecular weight excluding hydrogens is 417 g/mol. The quantitative estimate of drug-likeness (QED) is 0.233. The van der Waals surface area contributed by atoms with Gasteiger partial charge in [-0.3, -0.25) is 0 Å². The summed E-state index contributed by atoms with van der Waals surface area (Å²) >= 11 is 17.2. The molecule has 0 amide bonds. The summed E-state index contributed by atoms with van der Waals surface area (Å²) in [5.74, 6) is 3.16. The van der Waals surface area contributed by atoms with Crippen LogP contribution in [0, 0.1) is 0 Å². The van der Waals surface area contributed by atoms with Crippen molar-refractivity contribution in [3.8, 4) is 0 Å². The maximum Gasteiger partial charge on any atom is 0.0160 e. The molecule has 0 spiro atoms. The molecule has 4 heteroatoms. The largest absolute Gasteiger partial charge is 0.175 e. The second kappa shape index (κ2) is 10.5. The van der Waals surface area contributed by atoms with Gasteiger partial charge in [0.25, 0.3) is 0 Å². The molecule has 0 nitrogen and oxygen atoms in total. The van der Waals surface area contributed by atoms with E-state index in [9.17, 15) is 0 Å². The predicted molar refractivity (Wildman–Crippen MR) is 139 cm³/mol. The lowest BCUT2D eigenvalue weighted by atomic mass is 10.0. The molecule has 4 aromatic rings. The zero-order valence-electron chi connectivity index (χ0n) is 15.5. The zero-order valence-corrected chi connectivity index (χ0v) is 19.1. The van der Waals surface area contributed by atoms with Crippen molar-refractivity contribution in [1.82, 2.24) is 0 Å². The monoisotopic (exact) mass is 440 g/mol. The molecule has 0 radical (unpaired) electrons. The molecule has 0 aliphatic carbocycles. The van der Waals surface area contributed by atoms with Crippen LogP contribution < -0.4 is 0 Å².